The van der Waals surface area contributed by atoms with Crippen LogP contribution in [0.2, 0.25) is 0 Å². The van der Waals surface area contributed by atoms with E-state index in [1.807, 2.05) is 31.2 Å². The smallest absolute Gasteiger partial charge is 0.125 e. The van der Waals surface area contributed by atoms with Gasteiger partial charge in [0, 0.05) is 12.2 Å². The summed E-state index contributed by atoms with van der Waals surface area (Å²) in [4.78, 5) is 0. The third kappa shape index (κ3) is 4.07. The molecule has 0 aliphatic rings. The highest BCUT2D eigenvalue weighted by atomic mass is 19.1. The molecule has 0 heterocycles. The van der Waals surface area contributed by atoms with Crippen molar-refractivity contribution in [2.24, 2.45) is 0 Å². The van der Waals surface area contributed by atoms with Gasteiger partial charge in [-0.15, -0.1) is 0 Å². The van der Waals surface area contributed by atoms with E-state index in [9.17, 15) is 9.50 Å². The first-order valence-corrected chi connectivity index (χ1v) is 6.39. The molecule has 0 aromatic heterocycles. The van der Waals surface area contributed by atoms with Crippen LogP contribution < -0.4 is 5.32 Å². The zero-order valence-electron chi connectivity index (χ0n) is 10.9. The van der Waals surface area contributed by atoms with Gasteiger partial charge in [0.1, 0.15) is 5.82 Å². The van der Waals surface area contributed by atoms with E-state index in [1.165, 1.54) is 17.7 Å². The molecule has 2 nitrogen and oxygen atoms in total. The molecule has 0 saturated heterocycles. The molecule has 0 fully saturated rings. The lowest BCUT2D eigenvalue weighted by molar-refractivity contribution is 0.171. The second kappa shape index (κ2) is 6.34. The first kappa shape index (κ1) is 13.6. The summed E-state index contributed by atoms with van der Waals surface area (Å²) in [6.07, 6.45) is 0.0844. The number of hydrogen-bond acceptors (Lipinski definition) is 2. The molecule has 0 radical (unpaired) electrons. The first-order chi connectivity index (χ1) is 9.15. The number of halogens is 1. The predicted octanol–water partition coefficient (Wildman–Crippen LogP) is 3.67. The van der Waals surface area contributed by atoms with Crippen molar-refractivity contribution in [3.8, 4) is 0 Å². The molecular weight excluding hydrogens is 241 g/mol. The van der Waals surface area contributed by atoms with Crippen molar-refractivity contribution in [3.05, 3.63) is 65.5 Å². The zero-order chi connectivity index (χ0) is 13.7. The van der Waals surface area contributed by atoms with Crippen molar-refractivity contribution < 1.29 is 9.50 Å². The van der Waals surface area contributed by atoms with Crippen LogP contribution in [0.1, 0.15) is 23.7 Å². The molecule has 3 heteroatoms. The van der Waals surface area contributed by atoms with Crippen LogP contribution in [0.4, 0.5) is 10.1 Å². The number of hydrogen-bond donors (Lipinski definition) is 2. The van der Waals surface area contributed by atoms with Gasteiger partial charge in [-0.05, 0) is 37.1 Å². The lowest BCUT2D eigenvalue weighted by Gasteiger charge is -2.12. The number of aliphatic hydroxyl groups excluding tert-OH is 1. The van der Waals surface area contributed by atoms with Crippen molar-refractivity contribution in [1.29, 1.82) is 0 Å². The summed E-state index contributed by atoms with van der Waals surface area (Å²) in [6, 6.07) is 14.2. The quantitative estimate of drug-likeness (QED) is 0.858. The van der Waals surface area contributed by atoms with E-state index in [1.54, 1.807) is 12.1 Å². The Morgan fingerprint density at radius 1 is 1.16 bits per heavy atom. The zero-order valence-corrected chi connectivity index (χ0v) is 10.9. The van der Waals surface area contributed by atoms with Gasteiger partial charge < -0.3 is 10.4 Å². The van der Waals surface area contributed by atoms with Crippen LogP contribution in [-0.4, -0.2) is 11.7 Å². The molecule has 2 aromatic carbocycles. The number of aryl methyl sites for hydroxylation is 1. The van der Waals surface area contributed by atoms with Gasteiger partial charge in [0.2, 0.25) is 0 Å². The van der Waals surface area contributed by atoms with Crippen molar-refractivity contribution >= 4 is 5.69 Å². The van der Waals surface area contributed by atoms with Crippen molar-refractivity contribution in [3.63, 3.8) is 0 Å². The minimum absolute atomic E-state index is 0.260. The molecule has 0 spiro atoms. The largest absolute Gasteiger partial charge is 0.388 e. The third-order valence-electron chi connectivity index (χ3n) is 3.03. The van der Waals surface area contributed by atoms with Crippen LogP contribution in [0, 0.1) is 12.7 Å². The molecule has 2 rings (SSSR count). The summed E-state index contributed by atoms with van der Waals surface area (Å²) in [5.41, 5.74) is 2.82. The fourth-order valence-corrected chi connectivity index (χ4v) is 1.91. The molecule has 0 saturated carbocycles. The lowest BCUT2D eigenvalue weighted by Crippen LogP contribution is -2.07. The number of benzene rings is 2. The first-order valence-electron chi connectivity index (χ1n) is 6.39. The average Bonchev–Trinajstić information content (AvgIpc) is 2.39. The van der Waals surface area contributed by atoms with Crippen LogP contribution in [-0.2, 0) is 0 Å². The fraction of sp³-hybridized carbons (Fsp3) is 0.250. The molecule has 100 valence electrons. The van der Waals surface area contributed by atoms with Gasteiger partial charge in [-0.2, -0.15) is 0 Å². The molecule has 1 atom stereocenters. The minimum Gasteiger partial charge on any atom is -0.388 e. The Morgan fingerprint density at radius 2 is 1.89 bits per heavy atom. The van der Waals surface area contributed by atoms with Gasteiger partial charge >= 0.3 is 0 Å². The summed E-state index contributed by atoms with van der Waals surface area (Å²) in [5.74, 6) is -0.260. The van der Waals surface area contributed by atoms with Gasteiger partial charge in [0.25, 0.3) is 0 Å². The van der Waals surface area contributed by atoms with E-state index in [2.05, 4.69) is 5.32 Å². The van der Waals surface area contributed by atoms with E-state index in [0.29, 0.717) is 13.0 Å². The maximum absolute atomic E-state index is 13.0. The second-order valence-electron chi connectivity index (χ2n) is 4.65. The summed E-state index contributed by atoms with van der Waals surface area (Å²) in [7, 11) is 0. The molecule has 19 heavy (non-hydrogen) atoms. The highest BCUT2D eigenvalue weighted by molar-refractivity contribution is 5.42. The summed E-state index contributed by atoms with van der Waals surface area (Å²) in [5, 5.41) is 13.1. The van der Waals surface area contributed by atoms with E-state index >= 15 is 0 Å². The van der Waals surface area contributed by atoms with Crippen molar-refractivity contribution in [1.82, 2.24) is 0 Å². The minimum atomic E-state index is -0.498. The maximum Gasteiger partial charge on any atom is 0.125 e. The Balaban J connectivity index is 1.84. The molecule has 0 aliphatic heterocycles. The predicted molar refractivity (Wildman–Crippen MR) is 75.6 cm³/mol. The molecular formula is C16H18FNO. The van der Waals surface area contributed by atoms with E-state index in [0.717, 1.165) is 11.3 Å². The van der Waals surface area contributed by atoms with Crippen molar-refractivity contribution in [2.45, 2.75) is 19.4 Å². The highest BCUT2D eigenvalue weighted by Gasteiger charge is 2.06. The Morgan fingerprint density at radius 3 is 2.58 bits per heavy atom. The highest BCUT2D eigenvalue weighted by Crippen LogP contribution is 2.17. The summed E-state index contributed by atoms with van der Waals surface area (Å²) >= 11 is 0. The Labute approximate surface area is 112 Å². The SMILES string of the molecule is Cc1ccc(C(O)CCNc2cccc(F)c2)cc1. The number of nitrogens with one attached hydrogen (secondary N) is 1. The third-order valence-corrected chi connectivity index (χ3v) is 3.03. The summed E-state index contributed by atoms with van der Waals surface area (Å²) in [6.45, 7) is 2.61. The van der Waals surface area contributed by atoms with Crippen LogP contribution in [0.15, 0.2) is 48.5 Å². The van der Waals surface area contributed by atoms with Crippen LogP contribution in [0.25, 0.3) is 0 Å². The topological polar surface area (TPSA) is 32.3 Å². The standard InChI is InChI=1S/C16H18FNO/c1-12-5-7-13(8-6-12)16(19)9-10-18-15-4-2-3-14(17)11-15/h2-8,11,16,18-19H,9-10H2,1H3. The van der Waals surface area contributed by atoms with E-state index in [-0.39, 0.29) is 5.82 Å². The average molecular weight is 259 g/mol. The van der Waals surface area contributed by atoms with Crippen molar-refractivity contribution in [2.75, 3.05) is 11.9 Å². The fourth-order valence-electron chi connectivity index (χ4n) is 1.91. The van der Waals surface area contributed by atoms with E-state index in [4.69, 9.17) is 0 Å². The molecule has 1 unspecified atom stereocenters. The molecule has 0 bridgehead atoms. The van der Waals surface area contributed by atoms with Gasteiger partial charge in [-0.25, -0.2) is 4.39 Å². The Hall–Kier alpha value is -1.87. The normalized spacial score (nSPS) is 12.2. The number of anilines is 1. The summed E-state index contributed by atoms with van der Waals surface area (Å²) < 4.78 is 13.0. The molecule has 0 amide bonds. The van der Waals surface area contributed by atoms with Gasteiger partial charge in [0.15, 0.2) is 0 Å². The van der Waals surface area contributed by atoms with Gasteiger partial charge in [0.05, 0.1) is 6.10 Å². The van der Waals surface area contributed by atoms with Crippen LogP contribution >= 0.6 is 0 Å². The number of aliphatic hydroxyl groups is 1. The molecule has 0 aliphatic carbocycles. The monoisotopic (exact) mass is 259 g/mol. The second-order valence-corrected chi connectivity index (χ2v) is 4.65. The van der Waals surface area contributed by atoms with E-state index < -0.39 is 6.10 Å². The van der Waals surface area contributed by atoms with Crippen LogP contribution in [0.5, 0.6) is 0 Å². The Bertz CT molecular complexity index is 525. The van der Waals surface area contributed by atoms with Gasteiger partial charge in [-0.1, -0.05) is 35.9 Å². The number of rotatable bonds is 5. The molecule has 2 N–H and O–H groups in total. The maximum atomic E-state index is 13.0. The van der Waals surface area contributed by atoms with Crippen LogP contribution in [0.3, 0.4) is 0 Å². The lowest BCUT2D eigenvalue weighted by atomic mass is 10.1. The van der Waals surface area contributed by atoms with Gasteiger partial charge in [-0.3, -0.25) is 0 Å². The molecule has 2 aromatic rings. The Kier molecular flexibility index (Phi) is 4.53.